The standard InChI is InChI=1S/C20H25N3O3/c1-13-12-23(14(2)11-21-13)20(24)17-7-5-6-16(22-17)15-8-9-18(25-3)19(10-15)26-4/h5-10,13-14,21H,11-12H2,1-4H3. The van der Waals surface area contributed by atoms with Crippen LogP contribution in [0.3, 0.4) is 0 Å². The normalized spacial score (nSPS) is 19.9. The van der Waals surface area contributed by atoms with Crippen molar-refractivity contribution >= 4 is 5.91 Å². The van der Waals surface area contributed by atoms with Gasteiger partial charge in [0.1, 0.15) is 5.69 Å². The second kappa shape index (κ2) is 7.74. The fourth-order valence-electron chi connectivity index (χ4n) is 3.16. The van der Waals surface area contributed by atoms with Gasteiger partial charge in [0.2, 0.25) is 0 Å². The highest BCUT2D eigenvalue weighted by atomic mass is 16.5. The number of benzene rings is 1. The van der Waals surface area contributed by atoms with Gasteiger partial charge in [0.25, 0.3) is 5.91 Å². The van der Waals surface area contributed by atoms with Gasteiger partial charge in [-0.15, -0.1) is 0 Å². The first-order valence-corrected chi connectivity index (χ1v) is 8.77. The predicted molar refractivity (Wildman–Crippen MR) is 101 cm³/mol. The maximum Gasteiger partial charge on any atom is 0.272 e. The van der Waals surface area contributed by atoms with Crippen molar-refractivity contribution in [2.24, 2.45) is 0 Å². The number of rotatable bonds is 4. The molecule has 1 fully saturated rings. The number of methoxy groups -OCH3 is 2. The van der Waals surface area contributed by atoms with E-state index in [1.807, 2.05) is 35.2 Å². The molecule has 1 amide bonds. The van der Waals surface area contributed by atoms with Crippen LogP contribution in [0.2, 0.25) is 0 Å². The van der Waals surface area contributed by atoms with E-state index >= 15 is 0 Å². The van der Waals surface area contributed by atoms with Gasteiger partial charge >= 0.3 is 0 Å². The van der Waals surface area contributed by atoms with Crippen molar-refractivity contribution in [1.29, 1.82) is 0 Å². The summed E-state index contributed by atoms with van der Waals surface area (Å²) in [6, 6.07) is 11.6. The molecule has 1 N–H and O–H groups in total. The molecular weight excluding hydrogens is 330 g/mol. The number of nitrogens with one attached hydrogen (secondary N) is 1. The minimum Gasteiger partial charge on any atom is -0.493 e. The largest absolute Gasteiger partial charge is 0.493 e. The van der Waals surface area contributed by atoms with Crippen molar-refractivity contribution in [2.75, 3.05) is 27.3 Å². The minimum absolute atomic E-state index is 0.0341. The van der Waals surface area contributed by atoms with Crippen LogP contribution >= 0.6 is 0 Å². The number of piperazine rings is 1. The number of pyridine rings is 1. The molecule has 0 radical (unpaired) electrons. The topological polar surface area (TPSA) is 63.7 Å². The molecule has 26 heavy (non-hydrogen) atoms. The molecule has 1 aliphatic heterocycles. The van der Waals surface area contributed by atoms with Gasteiger partial charge in [-0.2, -0.15) is 0 Å². The van der Waals surface area contributed by atoms with Crippen molar-refractivity contribution in [3.05, 3.63) is 42.1 Å². The third kappa shape index (κ3) is 3.65. The SMILES string of the molecule is COc1ccc(-c2cccc(C(=O)N3CC(C)NCC3C)n2)cc1OC. The molecule has 6 nitrogen and oxygen atoms in total. The number of carbonyl (C=O) groups is 1. The Labute approximate surface area is 154 Å². The molecule has 0 aliphatic carbocycles. The lowest BCUT2D eigenvalue weighted by Crippen LogP contribution is -2.56. The van der Waals surface area contributed by atoms with E-state index in [1.165, 1.54) is 0 Å². The summed E-state index contributed by atoms with van der Waals surface area (Å²) in [6.45, 7) is 5.61. The molecule has 0 bridgehead atoms. The smallest absolute Gasteiger partial charge is 0.272 e. The van der Waals surface area contributed by atoms with Gasteiger partial charge in [-0.1, -0.05) is 6.07 Å². The Morgan fingerprint density at radius 3 is 2.65 bits per heavy atom. The monoisotopic (exact) mass is 355 g/mol. The highest BCUT2D eigenvalue weighted by Crippen LogP contribution is 2.31. The first-order chi connectivity index (χ1) is 12.5. The third-order valence-electron chi connectivity index (χ3n) is 4.67. The molecule has 6 heteroatoms. The quantitative estimate of drug-likeness (QED) is 0.913. The van der Waals surface area contributed by atoms with E-state index in [0.717, 1.165) is 17.8 Å². The van der Waals surface area contributed by atoms with Crippen LogP contribution in [0.5, 0.6) is 11.5 Å². The Hall–Kier alpha value is -2.60. The summed E-state index contributed by atoms with van der Waals surface area (Å²) in [7, 11) is 3.20. The molecule has 2 heterocycles. The Morgan fingerprint density at radius 2 is 1.92 bits per heavy atom. The highest BCUT2D eigenvalue weighted by molar-refractivity contribution is 5.93. The van der Waals surface area contributed by atoms with Crippen molar-refractivity contribution in [3.8, 4) is 22.8 Å². The molecule has 1 aromatic carbocycles. The number of hydrogen-bond donors (Lipinski definition) is 1. The van der Waals surface area contributed by atoms with Crippen molar-refractivity contribution < 1.29 is 14.3 Å². The van der Waals surface area contributed by atoms with Gasteiger partial charge in [0.05, 0.1) is 19.9 Å². The Balaban J connectivity index is 1.90. The number of hydrogen-bond acceptors (Lipinski definition) is 5. The maximum absolute atomic E-state index is 13.0. The van der Waals surface area contributed by atoms with Crippen LogP contribution < -0.4 is 14.8 Å². The lowest BCUT2D eigenvalue weighted by Gasteiger charge is -2.37. The maximum atomic E-state index is 13.0. The molecule has 2 atom stereocenters. The van der Waals surface area contributed by atoms with E-state index in [2.05, 4.69) is 24.1 Å². The summed E-state index contributed by atoms with van der Waals surface area (Å²) in [5.41, 5.74) is 2.06. The highest BCUT2D eigenvalue weighted by Gasteiger charge is 2.28. The summed E-state index contributed by atoms with van der Waals surface area (Å²) >= 11 is 0. The lowest BCUT2D eigenvalue weighted by atomic mass is 10.1. The number of carbonyl (C=O) groups excluding carboxylic acids is 1. The number of nitrogens with zero attached hydrogens (tertiary/aromatic N) is 2. The van der Waals surface area contributed by atoms with E-state index < -0.39 is 0 Å². The zero-order chi connectivity index (χ0) is 18.7. The van der Waals surface area contributed by atoms with Crippen molar-refractivity contribution in [3.63, 3.8) is 0 Å². The van der Waals surface area contributed by atoms with Crippen LogP contribution in [0.15, 0.2) is 36.4 Å². The zero-order valence-corrected chi connectivity index (χ0v) is 15.7. The molecule has 138 valence electrons. The average molecular weight is 355 g/mol. The van der Waals surface area contributed by atoms with E-state index in [4.69, 9.17) is 9.47 Å². The molecule has 3 rings (SSSR count). The Morgan fingerprint density at radius 1 is 1.15 bits per heavy atom. The van der Waals surface area contributed by atoms with Crippen LogP contribution in [-0.4, -0.2) is 55.2 Å². The van der Waals surface area contributed by atoms with Gasteiger partial charge in [-0.05, 0) is 44.2 Å². The number of aromatic nitrogens is 1. The predicted octanol–water partition coefficient (Wildman–Crippen LogP) is 2.59. The minimum atomic E-state index is -0.0341. The van der Waals surface area contributed by atoms with Gasteiger partial charge in [0.15, 0.2) is 11.5 Å². The summed E-state index contributed by atoms with van der Waals surface area (Å²) in [4.78, 5) is 19.4. The fourth-order valence-corrected chi connectivity index (χ4v) is 3.16. The summed E-state index contributed by atoms with van der Waals surface area (Å²) < 4.78 is 10.6. The van der Waals surface area contributed by atoms with E-state index in [9.17, 15) is 4.79 Å². The third-order valence-corrected chi connectivity index (χ3v) is 4.67. The van der Waals surface area contributed by atoms with Gasteiger partial charge < -0.3 is 19.7 Å². The summed E-state index contributed by atoms with van der Waals surface area (Å²) in [6.07, 6.45) is 0. The zero-order valence-electron chi connectivity index (χ0n) is 15.7. The Bertz CT molecular complexity index is 794. The lowest BCUT2D eigenvalue weighted by molar-refractivity contribution is 0.0610. The second-order valence-corrected chi connectivity index (χ2v) is 6.59. The molecule has 1 aromatic heterocycles. The molecule has 0 saturated carbocycles. The molecular formula is C20H25N3O3. The molecule has 2 aromatic rings. The Kier molecular flexibility index (Phi) is 5.42. The number of amides is 1. The van der Waals surface area contributed by atoms with Crippen LogP contribution in [0, 0.1) is 0 Å². The molecule has 1 aliphatic rings. The van der Waals surface area contributed by atoms with Crippen LogP contribution in [-0.2, 0) is 0 Å². The van der Waals surface area contributed by atoms with Crippen molar-refractivity contribution in [2.45, 2.75) is 25.9 Å². The average Bonchev–Trinajstić information content (AvgIpc) is 2.68. The second-order valence-electron chi connectivity index (χ2n) is 6.59. The van der Waals surface area contributed by atoms with Gasteiger partial charge in [-0.3, -0.25) is 4.79 Å². The fraction of sp³-hybridized carbons (Fsp3) is 0.400. The van der Waals surface area contributed by atoms with Crippen LogP contribution in [0.1, 0.15) is 24.3 Å². The molecule has 0 spiro atoms. The summed E-state index contributed by atoms with van der Waals surface area (Å²) in [5, 5.41) is 3.39. The van der Waals surface area contributed by atoms with Crippen molar-refractivity contribution in [1.82, 2.24) is 15.2 Å². The molecule has 2 unspecified atom stereocenters. The van der Waals surface area contributed by atoms with E-state index in [1.54, 1.807) is 20.3 Å². The van der Waals surface area contributed by atoms with Gasteiger partial charge in [-0.25, -0.2) is 4.98 Å². The van der Waals surface area contributed by atoms with E-state index in [-0.39, 0.29) is 18.0 Å². The first-order valence-electron chi connectivity index (χ1n) is 8.77. The van der Waals surface area contributed by atoms with Crippen LogP contribution in [0.25, 0.3) is 11.3 Å². The number of ether oxygens (including phenoxy) is 2. The summed E-state index contributed by atoms with van der Waals surface area (Å²) in [5.74, 6) is 1.26. The van der Waals surface area contributed by atoms with Crippen LogP contribution in [0.4, 0.5) is 0 Å². The van der Waals surface area contributed by atoms with E-state index in [0.29, 0.717) is 23.7 Å². The molecule has 1 saturated heterocycles. The first kappa shape index (κ1) is 18.2. The van der Waals surface area contributed by atoms with Gasteiger partial charge in [0, 0.05) is 30.7 Å².